The maximum Gasteiger partial charge on any atom is 0.243 e. The molecule has 7 nitrogen and oxygen atoms in total. The molecule has 0 saturated heterocycles. The lowest BCUT2D eigenvalue weighted by Gasteiger charge is -2.13. The van der Waals surface area contributed by atoms with Gasteiger partial charge in [0.05, 0.1) is 12.9 Å². The van der Waals surface area contributed by atoms with E-state index in [0.29, 0.717) is 32.3 Å². The molecule has 1 aromatic rings. The van der Waals surface area contributed by atoms with Crippen LogP contribution in [0.2, 0.25) is 0 Å². The molecule has 0 saturated carbocycles. The summed E-state index contributed by atoms with van der Waals surface area (Å²) >= 11 is 0. The van der Waals surface area contributed by atoms with Crippen LogP contribution >= 0.6 is 0 Å². The molecule has 0 unspecified atom stereocenters. The zero-order valence-corrected chi connectivity index (χ0v) is 13.6. The molecule has 124 valence electrons. The number of ether oxygens (including phenoxy) is 1. The number of nitrogens with one attached hydrogen (secondary N) is 2. The van der Waals surface area contributed by atoms with Gasteiger partial charge in [0, 0.05) is 40.2 Å². The first-order valence-corrected chi connectivity index (χ1v) is 7.46. The smallest absolute Gasteiger partial charge is 0.243 e. The fourth-order valence-electron chi connectivity index (χ4n) is 1.61. The Kier molecular flexibility index (Phi) is 8.74. The Morgan fingerprint density at radius 2 is 2.14 bits per heavy atom. The number of hydrogen-bond donors (Lipinski definition) is 2. The molecule has 1 rings (SSSR count). The predicted octanol–water partition coefficient (Wildman–Crippen LogP) is 0.482. The summed E-state index contributed by atoms with van der Waals surface area (Å²) in [5.74, 6) is 1.46. The first kappa shape index (κ1) is 18.0. The third-order valence-electron chi connectivity index (χ3n) is 2.86. The van der Waals surface area contributed by atoms with Crippen LogP contribution in [0.5, 0.6) is 0 Å². The Labute approximate surface area is 131 Å². The highest BCUT2D eigenvalue weighted by Gasteiger charge is 2.04. The fourth-order valence-corrected chi connectivity index (χ4v) is 1.61. The molecule has 0 atom stereocenters. The molecule has 0 bridgehead atoms. The maximum absolute atomic E-state index is 11.6. The molecule has 2 N–H and O–H groups in total. The number of nitrogens with zero attached hydrogens (tertiary/aromatic N) is 2. The van der Waals surface area contributed by atoms with Crippen LogP contribution < -0.4 is 10.6 Å². The van der Waals surface area contributed by atoms with Crippen LogP contribution in [0, 0.1) is 0 Å². The summed E-state index contributed by atoms with van der Waals surface area (Å²) in [6.45, 7) is 4.64. The van der Waals surface area contributed by atoms with Gasteiger partial charge in [-0.2, -0.15) is 0 Å². The molecular formula is C15H26N4O3. The number of furan rings is 1. The number of rotatable bonds is 9. The van der Waals surface area contributed by atoms with E-state index in [1.807, 2.05) is 19.1 Å². The van der Waals surface area contributed by atoms with E-state index < -0.39 is 0 Å². The monoisotopic (exact) mass is 310 g/mol. The third-order valence-corrected chi connectivity index (χ3v) is 2.86. The highest BCUT2D eigenvalue weighted by atomic mass is 16.5. The highest BCUT2D eigenvalue weighted by molar-refractivity contribution is 5.84. The van der Waals surface area contributed by atoms with Gasteiger partial charge in [-0.25, -0.2) is 4.99 Å². The van der Waals surface area contributed by atoms with Crippen molar-refractivity contribution in [1.29, 1.82) is 0 Å². The van der Waals surface area contributed by atoms with E-state index in [4.69, 9.17) is 9.15 Å². The summed E-state index contributed by atoms with van der Waals surface area (Å²) in [5.41, 5.74) is 0. The van der Waals surface area contributed by atoms with E-state index in [2.05, 4.69) is 15.6 Å². The van der Waals surface area contributed by atoms with Crippen LogP contribution in [-0.2, 0) is 16.0 Å². The molecule has 1 aromatic heterocycles. The van der Waals surface area contributed by atoms with Gasteiger partial charge < -0.3 is 24.7 Å². The summed E-state index contributed by atoms with van der Waals surface area (Å²) in [5, 5.41) is 6.32. The van der Waals surface area contributed by atoms with Crippen LogP contribution in [0.3, 0.4) is 0 Å². The van der Waals surface area contributed by atoms with Crippen LogP contribution in [0.4, 0.5) is 0 Å². The molecule has 0 spiro atoms. The number of hydrogen-bond acceptors (Lipinski definition) is 4. The normalized spacial score (nSPS) is 11.3. The van der Waals surface area contributed by atoms with E-state index in [0.717, 1.165) is 12.2 Å². The first-order chi connectivity index (χ1) is 10.6. The minimum atomic E-state index is -0.0445. The van der Waals surface area contributed by atoms with Gasteiger partial charge in [-0.05, 0) is 19.1 Å². The van der Waals surface area contributed by atoms with Crippen molar-refractivity contribution >= 4 is 11.9 Å². The second kappa shape index (κ2) is 10.7. The zero-order chi connectivity index (χ0) is 16.2. The highest BCUT2D eigenvalue weighted by Crippen LogP contribution is 1.99. The molecule has 1 amide bonds. The van der Waals surface area contributed by atoms with E-state index >= 15 is 0 Å². The first-order valence-electron chi connectivity index (χ1n) is 7.46. The summed E-state index contributed by atoms with van der Waals surface area (Å²) in [6.07, 6.45) is 2.40. The van der Waals surface area contributed by atoms with E-state index in [1.165, 1.54) is 4.90 Å². The van der Waals surface area contributed by atoms with Crippen LogP contribution in [-0.4, -0.2) is 63.7 Å². The van der Waals surface area contributed by atoms with Crippen LogP contribution in [0.15, 0.2) is 27.8 Å². The van der Waals surface area contributed by atoms with Crippen molar-refractivity contribution in [2.75, 3.05) is 46.9 Å². The van der Waals surface area contributed by atoms with Crippen molar-refractivity contribution in [3.8, 4) is 0 Å². The number of guanidine groups is 1. The van der Waals surface area contributed by atoms with Gasteiger partial charge in [0.1, 0.15) is 12.3 Å². The Bertz CT molecular complexity index is 444. The summed E-state index contributed by atoms with van der Waals surface area (Å²) < 4.78 is 10.6. The predicted molar refractivity (Wildman–Crippen MR) is 85.9 cm³/mol. The Balaban J connectivity index is 2.41. The molecule has 0 aliphatic carbocycles. The quantitative estimate of drug-likeness (QED) is 0.394. The van der Waals surface area contributed by atoms with Crippen molar-refractivity contribution in [2.24, 2.45) is 4.99 Å². The van der Waals surface area contributed by atoms with Gasteiger partial charge in [-0.15, -0.1) is 0 Å². The lowest BCUT2D eigenvalue weighted by molar-refractivity contribution is -0.127. The van der Waals surface area contributed by atoms with E-state index in [9.17, 15) is 4.79 Å². The van der Waals surface area contributed by atoms with Gasteiger partial charge in [-0.1, -0.05) is 0 Å². The second-order valence-electron chi connectivity index (χ2n) is 4.83. The Hall–Kier alpha value is -2.02. The summed E-state index contributed by atoms with van der Waals surface area (Å²) in [4.78, 5) is 17.4. The van der Waals surface area contributed by atoms with Gasteiger partial charge in [0.15, 0.2) is 5.96 Å². The van der Waals surface area contributed by atoms with Gasteiger partial charge in [0.2, 0.25) is 5.91 Å². The van der Waals surface area contributed by atoms with Crippen molar-refractivity contribution in [3.63, 3.8) is 0 Å². The molecule has 0 fully saturated rings. The second-order valence-corrected chi connectivity index (χ2v) is 4.83. The standard InChI is InChI=1S/C15H26N4O3/c1-4-21-11-9-17-15(18-12-14(20)19(2)3)16-8-7-13-6-5-10-22-13/h5-6,10H,4,7-9,11-12H2,1-3H3,(H2,16,17,18). The van der Waals surface area contributed by atoms with Gasteiger partial charge >= 0.3 is 0 Å². The maximum atomic E-state index is 11.6. The molecular weight excluding hydrogens is 284 g/mol. The zero-order valence-electron chi connectivity index (χ0n) is 13.6. The Morgan fingerprint density at radius 3 is 2.77 bits per heavy atom. The topological polar surface area (TPSA) is 79.1 Å². The lowest BCUT2D eigenvalue weighted by Crippen LogP contribution is -2.40. The molecule has 1 heterocycles. The van der Waals surface area contributed by atoms with Crippen molar-refractivity contribution in [2.45, 2.75) is 13.3 Å². The minimum absolute atomic E-state index is 0.0445. The molecule has 0 radical (unpaired) electrons. The molecule has 0 aromatic carbocycles. The SMILES string of the molecule is CCOCCNC(=NCC(=O)N(C)C)NCCc1ccco1. The summed E-state index contributed by atoms with van der Waals surface area (Å²) in [6, 6.07) is 3.79. The molecule has 7 heteroatoms. The lowest BCUT2D eigenvalue weighted by atomic mass is 10.3. The summed E-state index contributed by atoms with van der Waals surface area (Å²) in [7, 11) is 3.43. The number of amides is 1. The largest absolute Gasteiger partial charge is 0.469 e. The van der Waals surface area contributed by atoms with Crippen molar-refractivity contribution < 1.29 is 13.9 Å². The average molecular weight is 310 g/mol. The van der Waals surface area contributed by atoms with Crippen molar-refractivity contribution in [1.82, 2.24) is 15.5 Å². The van der Waals surface area contributed by atoms with Crippen molar-refractivity contribution in [3.05, 3.63) is 24.2 Å². The number of carbonyl (C=O) groups is 1. The number of aliphatic imine (C=N–C) groups is 1. The number of likely N-dealkylation sites (N-methyl/N-ethyl adjacent to an activating group) is 1. The van der Waals surface area contributed by atoms with Crippen LogP contribution in [0.1, 0.15) is 12.7 Å². The minimum Gasteiger partial charge on any atom is -0.469 e. The molecule has 0 aliphatic heterocycles. The molecule has 0 aliphatic rings. The number of carbonyl (C=O) groups excluding carboxylic acids is 1. The van der Waals surface area contributed by atoms with Gasteiger partial charge in [-0.3, -0.25) is 4.79 Å². The fraction of sp³-hybridized carbons (Fsp3) is 0.600. The third kappa shape index (κ3) is 7.68. The Morgan fingerprint density at radius 1 is 1.36 bits per heavy atom. The van der Waals surface area contributed by atoms with E-state index in [-0.39, 0.29) is 12.5 Å². The van der Waals surface area contributed by atoms with Crippen LogP contribution in [0.25, 0.3) is 0 Å². The van der Waals surface area contributed by atoms with E-state index in [1.54, 1.807) is 20.4 Å². The average Bonchev–Trinajstić information content (AvgIpc) is 3.01. The molecule has 22 heavy (non-hydrogen) atoms. The van der Waals surface area contributed by atoms with Gasteiger partial charge in [0.25, 0.3) is 0 Å².